The van der Waals surface area contributed by atoms with E-state index in [1.807, 2.05) is 55.6 Å². The molecule has 0 bridgehead atoms. The van der Waals surface area contributed by atoms with Crippen LogP contribution in [0.5, 0.6) is 5.75 Å². The number of amides is 1. The summed E-state index contributed by atoms with van der Waals surface area (Å²) in [7, 11) is -3.64. The normalized spacial score (nSPS) is 11.4. The lowest BCUT2D eigenvalue weighted by Gasteiger charge is -2.14. The van der Waals surface area contributed by atoms with Crippen LogP contribution in [0.4, 0.5) is 0 Å². The quantitative estimate of drug-likeness (QED) is 0.524. The summed E-state index contributed by atoms with van der Waals surface area (Å²) in [5, 5.41) is 4.74. The van der Waals surface area contributed by atoms with Gasteiger partial charge >= 0.3 is 0 Å². The predicted molar refractivity (Wildman–Crippen MR) is 118 cm³/mol. The molecule has 30 heavy (non-hydrogen) atoms. The van der Waals surface area contributed by atoms with Gasteiger partial charge < -0.3 is 10.1 Å². The van der Waals surface area contributed by atoms with Gasteiger partial charge in [-0.25, -0.2) is 13.1 Å². The number of nitrogens with one attached hydrogen (secondary N) is 2. The number of hydrogen-bond donors (Lipinski definition) is 2. The Hall–Kier alpha value is -2.68. The fourth-order valence-electron chi connectivity index (χ4n) is 2.74. The van der Waals surface area contributed by atoms with Crippen LogP contribution in [0.3, 0.4) is 0 Å². The van der Waals surface area contributed by atoms with Crippen molar-refractivity contribution >= 4 is 27.3 Å². The molecule has 2 aromatic carbocycles. The van der Waals surface area contributed by atoms with Crippen molar-refractivity contribution in [3.63, 3.8) is 0 Å². The molecule has 2 N–H and O–H groups in total. The van der Waals surface area contributed by atoms with Crippen LogP contribution in [0.2, 0.25) is 0 Å². The van der Waals surface area contributed by atoms with Gasteiger partial charge in [0.2, 0.25) is 10.0 Å². The first-order chi connectivity index (χ1) is 14.3. The number of rotatable bonds is 9. The number of carbonyl (C=O) groups excluding carboxylic acids is 1. The van der Waals surface area contributed by atoms with Crippen molar-refractivity contribution in [2.45, 2.75) is 37.9 Å². The van der Waals surface area contributed by atoms with Crippen LogP contribution < -0.4 is 14.8 Å². The number of carbonyl (C=O) groups is 1. The van der Waals surface area contributed by atoms with Crippen molar-refractivity contribution in [1.29, 1.82) is 0 Å². The second kappa shape index (κ2) is 9.88. The monoisotopic (exact) mass is 444 g/mol. The standard InChI is InChI=1S/C22H24N2O4S2/c1-16(2)28-21-8-4-3-6-18(21)14-23-22(25)17-9-11-20(12-10-17)30(26,27)24-15-19-7-5-13-29-19/h3-13,16,24H,14-15H2,1-2H3,(H,23,25). The molecule has 0 aliphatic carbocycles. The van der Waals surface area contributed by atoms with Crippen molar-refractivity contribution in [2.24, 2.45) is 0 Å². The van der Waals surface area contributed by atoms with E-state index in [1.54, 1.807) is 0 Å². The zero-order valence-corrected chi connectivity index (χ0v) is 18.4. The first-order valence-corrected chi connectivity index (χ1v) is 11.9. The van der Waals surface area contributed by atoms with Crippen LogP contribution in [0.15, 0.2) is 70.9 Å². The summed E-state index contributed by atoms with van der Waals surface area (Å²) in [6.45, 7) is 4.44. The molecule has 0 fully saturated rings. The van der Waals surface area contributed by atoms with Gasteiger partial charge in [-0.3, -0.25) is 4.79 Å². The number of para-hydroxylation sites is 1. The predicted octanol–water partition coefficient (Wildman–Crippen LogP) is 3.94. The molecule has 0 saturated heterocycles. The molecule has 0 aliphatic heterocycles. The third-order valence-corrected chi connectivity index (χ3v) is 6.51. The highest BCUT2D eigenvalue weighted by Crippen LogP contribution is 2.19. The minimum atomic E-state index is -3.64. The smallest absolute Gasteiger partial charge is 0.251 e. The van der Waals surface area contributed by atoms with Crippen LogP contribution in [-0.2, 0) is 23.1 Å². The second-order valence-corrected chi connectivity index (χ2v) is 9.68. The first-order valence-electron chi connectivity index (χ1n) is 9.50. The van der Waals surface area contributed by atoms with Crippen molar-refractivity contribution in [2.75, 3.05) is 0 Å². The Balaban J connectivity index is 1.61. The van der Waals surface area contributed by atoms with Gasteiger partial charge in [0, 0.05) is 29.1 Å². The van der Waals surface area contributed by atoms with E-state index in [0.717, 1.165) is 16.2 Å². The minimum Gasteiger partial charge on any atom is -0.491 e. The molecule has 0 radical (unpaired) electrons. The van der Waals surface area contributed by atoms with E-state index in [0.29, 0.717) is 12.1 Å². The third-order valence-electron chi connectivity index (χ3n) is 4.22. The largest absolute Gasteiger partial charge is 0.491 e. The van der Waals surface area contributed by atoms with E-state index in [-0.39, 0.29) is 23.5 Å². The first kappa shape index (κ1) is 22.0. The summed E-state index contributed by atoms with van der Waals surface area (Å²) >= 11 is 1.48. The Bertz CT molecular complexity index is 1080. The van der Waals surface area contributed by atoms with Gasteiger partial charge in [-0.05, 0) is 55.6 Å². The molecule has 0 saturated carbocycles. The summed E-state index contributed by atoms with van der Waals surface area (Å²) in [6.07, 6.45) is 0.0322. The van der Waals surface area contributed by atoms with Gasteiger partial charge in [0.1, 0.15) is 5.75 Å². The van der Waals surface area contributed by atoms with Crippen molar-refractivity contribution in [3.05, 3.63) is 82.0 Å². The Morgan fingerprint density at radius 3 is 2.40 bits per heavy atom. The van der Waals surface area contributed by atoms with E-state index in [2.05, 4.69) is 10.0 Å². The van der Waals surface area contributed by atoms with E-state index in [4.69, 9.17) is 4.74 Å². The summed E-state index contributed by atoms with van der Waals surface area (Å²) in [5.41, 5.74) is 1.26. The third kappa shape index (κ3) is 5.91. The van der Waals surface area contributed by atoms with Gasteiger partial charge in [-0.2, -0.15) is 0 Å². The Morgan fingerprint density at radius 1 is 1.00 bits per heavy atom. The number of hydrogen-bond acceptors (Lipinski definition) is 5. The maximum atomic E-state index is 12.5. The van der Waals surface area contributed by atoms with Crippen LogP contribution in [0.1, 0.15) is 34.6 Å². The average molecular weight is 445 g/mol. The summed E-state index contributed by atoms with van der Waals surface area (Å²) in [4.78, 5) is 13.5. The summed E-state index contributed by atoms with van der Waals surface area (Å²) in [6, 6.07) is 17.1. The maximum absolute atomic E-state index is 12.5. The minimum absolute atomic E-state index is 0.0322. The van der Waals surface area contributed by atoms with Gasteiger partial charge in [0.15, 0.2) is 0 Å². The molecule has 0 spiro atoms. The fraction of sp³-hybridized carbons (Fsp3) is 0.227. The molecule has 158 valence electrons. The highest BCUT2D eigenvalue weighted by atomic mass is 32.2. The molecule has 1 heterocycles. The number of sulfonamides is 1. The van der Waals surface area contributed by atoms with E-state index >= 15 is 0 Å². The van der Waals surface area contributed by atoms with Gasteiger partial charge in [-0.1, -0.05) is 24.3 Å². The molecule has 1 aromatic heterocycles. The lowest BCUT2D eigenvalue weighted by Crippen LogP contribution is -2.24. The van der Waals surface area contributed by atoms with Crippen molar-refractivity contribution in [1.82, 2.24) is 10.0 Å². The second-order valence-electron chi connectivity index (χ2n) is 6.89. The van der Waals surface area contributed by atoms with Gasteiger partial charge in [0.05, 0.1) is 11.0 Å². The lowest BCUT2D eigenvalue weighted by atomic mass is 10.1. The molecule has 0 aliphatic rings. The van der Waals surface area contributed by atoms with Crippen LogP contribution in [0, 0.1) is 0 Å². The topological polar surface area (TPSA) is 84.5 Å². The molecule has 6 nitrogen and oxygen atoms in total. The zero-order valence-electron chi connectivity index (χ0n) is 16.8. The van der Waals surface area contributed by atoms with Crippen LogP contribution in [0.25, 0.3) is 0 Å². The zero-order chi connectivity index (χ0) is 21.6. The fourth-order valence-corrected chi connectivity index (χ4v) is 4.49. The molecule has 3 aromatic rings. The molecular weight excluding hydrogens is 420 g/mol. The van der Waals surface area contributed by atoms with Crippen LogP contribution >= 0.6 is 11.3 Å². The maximum Gasteiger partial charge on any atom is 0.251 e. The van der Waals surface area contributed by atoms with Crippen LogP contribution in [-0.4, -0.2) is 20.4 Å². The molecule has 0 unspecified atom stereocenters. The SMILES string of the molecule is CC(C)Oc1ccccc1CNC(=O)c1ccc(S(=O)(=O)NCc2cccs2)cc1. The van der Waals surface area contributed by atoms with Crippen molar-refractivity contribution in [3.8, 4) is 5.75 Å². The van der Waals surface area contributed by atoms with Crippen molar-refractivity contribution < 1.29 is 17.9 Å². The molecular formula is C22H24N2O4S2. The Labute approximate surface area is 181 Å². The lowest BCUT2D eigenvalue weighted by molar-refractivity contribution is 0.0950. The van der Waals surface area contributed by atoms with E-state index in [9.17, 15) is 13.2 Å². The molecule has 1 amide bonds. The highest BCUT2D eigenvalue weighted by Gasteiger charge is 2.15. The van der Waals surface area contributed by atoms with E-state index < -0.39 is 10.0 Å². The molecule has 8 heteroatoms. The van der Waals surface area contributed by atoms with E-state index in [1.165, 1.54) is 35.6 Å². The number of benzene rings is 2. The Kier molecular flexibility index (Phi) is 7.25. The van der Waals surface area contributed by atoms with Gasteiger partial charge in [0.25, 0.3) is 5.91 Å². The highest BCUT2D eigenvalue weighted by molar-refractivity contribution is 7.89. The van der Waals surface area contributed by atoms with Gasteiger partial charge in [-0.15, -0.1) is 11.3 Å². The molecule has 3 rings (SSSR count). The number of thiophene rings is 1. The summed E-state index contributed by atoms with van der Waals surface area (Å²) < 4.78 is 33.2. The molecule has 0 atom stereocenters. The number of ether oxygens (including phenoxy) is 1. The average Bonchev–Trinajstić information content (AvgIpc) is 3.25. The Morgan fingerprint density at radius 2 is 1.73 bits per heavy atom. The summed E-state index contributed by atoms with van der Waals surface area (Å²) in [5.74, 6) is 0.441.